The number of fused-ring (bicyclic) bond motifs is 1. The lowest BCUT2D eigenvalue weighted by Crippen LogP contribution is -2.13. The predicted octanol–water partition coefficient (Wildman–Crippen LogP) is 2.55. The molecule has 0 saturated carbocycles. The lowest BCUT2D eigenvalue weighted by atomic mass is 10.2. The van der Waals surface area contributed by atoms with Gasteiger partial charge in [0, 0.05) is 23.6 Å². The smallest absolute Gasteiger partial charge is 0.323 e. The van der Waals surface area contributed by atoms with Crippen LogP contribution in [0.1, 0.15) is 28.7 Å². The van der Waals surface area contributed by atoms with Crippen LogP contribution < -0.4 is 11.0 Å². The van der Waals surface area contributed by atoms with Gasteiger partial charge in [0.05, 0.1) is 16.6 Å². The van der Waals surface area contributed by atoms with Gasteiger partial charge in [-0.15, -0.1) is 0 Å². The van der Waals surface area contributed by atoms with Crippen LogP contribution in [-0.2, 0) is 6.54 Å². The highest BCUT2D eigenvalue weighted by molar-refractivity contribution is 6.06. The quantitative estimate of drug-likeness (QED) is 0.694. The van der Waals surface area contributed by atoms with Crippen LogP contribution >= 0.6 is 0 Å². The van der Waals surface area contributed by atoms with Crippen molar-refractivity contribution in [2.24, 2.45) is 0 Å². The third kappa shape index (κ3) is 2.32. The summed E-state index contributed by atoms with van der Waals surface area (Å²) in [5.74, 6) is -0.148. The number of hydrogen-bond acceptors (Lipinski definition) is 2. The lowest BCUT2D eigenvalue weighted by molar-refractivity contribution is 0.102. The summed E-state index contributed by atoms with van der Waals surface area (Å²) in [5.41, 5.74) is 4.46. The topological polar surface area (TPSA) is 82.7 Å². The number of amides is 1. The highest BCUT2D eigenvalue weighted by Crippen LogP contribution is 2.19. The normalized spacial score (nSPS) is 11.0. The molecule has 0 radical (unpaired) electrons. The molecule has 22 heavy (non-hydrogen) atoms. The van der Waals surface area contributed by atoms with E-state index in [-0.39, 0.29) is 11.6 Å². The fraction of sp³-hybridized carbons (Fsp3) is 0.250. The zero-order valence-electron chi connectivity index (χ0n) is 12.8. The number of H-pyrrole nitrogens is 2. The van der Waals surface area contributed by atoms with Crippen LogP contribution in [0.15, 0.2) is 29.1 Å². The maximum atomic E-state index is 12.5. The van der Waals surface area contributed by atoms with Crippen LogP contribution in [0.25, 0.3) is 11.0 Å². The molecule has 1 aromatic carbocycles. The number of aromatic nitrogens is 3. The molecule has 2 aromatic heterocycles. The van der Waals surface area contributed by atoms with Crippen LogP contribution in [0.5, 0.6) is 0 Å². The number of benzene rings is 1. The van der Waals surface area contributed by atoms with Crippen LogP contribution in [0.2, 0.25) is 0 Å². The third-order valence-corrected chi connectivity index (χ3v) is 3.91. The Bertz CT molecular complexity index is 914. The average molecular weight is 298 g/mol. The fourth-order valence-electron chi connectivity index (χ4n) is 2.83. The first-order valence-corrected chi connectivity index (χ1v) is 7.19. The third-order valence-electron chi connectivity index (χ3n) is 3.91. The molecule has 2 heterocycles. The molecule has 0 aliphatic heterocycles. The van der Waals surface area contributed by atoms with Crippen LogP contribution in [-0.4, -0.2) is 20.4 Å². The molecule has 0 bridgehead atoms. The highest BCUT2D eigenvalue weighted by atomic mass is 16.2. The zero-order valence-corrected chi connectivity index (χ0v) is 12.8. The van der Waals surface area contributed by atoms with E-state index < -0.39 is 0 Å². The molecule has 0 saturated heterocycles. The molecule has 0 aliphatic carbocycles. The molecular formula is C16H18N4O2. The van der Waals surface area contributed by atoms with Crippen molar-refractivity contribution in [3.63, 3.8) is 0 Å². The Morgan fingerprint density at radius 1 is 1.18 bits per heavy atom. The van der Waals surface area contributed by atoms with E-state index >= 15 is 0 Å². The Balaban J connectivity index is 1.91. The standard InChI is InChI=1S/C16H18N4O2/c1-4-20-9(2)7-12(10(20)3)15(21)17-11-5-6-13-14(8-11)19-16(22)18-13/h5-8H,4H2,1-3H3,(H,17,21)(H2,18,19,22). The molecule has 3 aromatic rings. The Morgan fingerprint density at radius 3 is 2.59 bits per heavy atom. The van der Waals surface area contributed by atoms with Gasteiger partial charge in [-0.3, -0.25) is 4.79 Å². The molecule has 6 nitrogen and oxygen atoms in total. The number of nitrogens with one attached hydrogen (secondary N) is 3. The van der Waals surface area contributed by atoms with E-state index in [2.05, 4.69) is 26.8 Å². The molecule has 3 rings (SSSR count). The van der Waals surface area contributed by atoms with E-state index in [1.165, 1.54) is 0 Å². The van der Waals surface area contributed by atoms with Crippen molar-refractivity contribution in [1.82, 2.24) is 14.5 Å². The van der Waals surface area contributed by atoms with E-state index in [4.69, 9.17) is 0 Å². The first kappa shape index (κ1) is 14.2. The lowest BCUT2D eigenvalue weighted by Gasteiger charge is -2.07. The first-order chi connectivity index (χ1) is 10.5. The zero-order chi connectivity index (χ0) is 15.9. The minimum Gasteiger partial charge on any atom is -0.349 e. The number of rotatable bonds is 3. The molecule has 3 N–H and O–H groups in total. The summed E-state index contributed by atoms with van der Waals surface area (Å²) in [6, 6.07) is 7.16. The van der Waals surface area contributed by atoms with Gasteiger partial charge < -0.3 is 19.9 Å². The monoisotopic (exact) mass is 298 g/mol. The number of carbonyl (C=O) groups excluding carboxylic acids is 1. The second kappa shape index (κ2) is 5.22. The minimum absolute atomic E-state index is 0.148. The second-order valence-corrected chi connectivity index (χ2v) is 5.32. The Hall–Kier alpha value is -2.76. The molecule has 1 amide bonds. The number of aryl methyl sites for hydroxylation is 1. The van der Waals surface area contributed by atoms with E-state index in [9.17, 15) is 9.59 Å². The van der Waals surface area contributed by atoms with Gasteiger partial charge in [-0.1, -0.05) is 0 Å². The highest BCUT2D eigenvalue weighted by Gasteiger charge is 2.15. The number of imidazole rings is 1. The van der Waals surface area contributed by atoms with E-state index in [1.54, 1.807) is 18.2 Å². The molecule has 0 unspecified atom stereocenters. The Morgan fingerprint density at radius 2 is 1.91 bits per heavy atom. The van der Waals surface area contributed by atoms with Crippen LogP contribution in [0.4, 0.5) is 5.69 Å². The molecule has 114 valence electrons. The predicted molar refractivity (Wildman–Crippen MR) is 86.5 cm³/mol. The Kier molecular flexibility index (Phi) is 3.36. The summed E-state index contributed by atoms with van der Waals surface area (Å²) in [5, 5.41) is 2.88. The van der Waals surface area contributed by atoms with Crippen molar-refractivity contribution >= 4 is 22.6 Å². The van der Waals surface area contributed by atoms with Crippen molar-refractivity contribution < 1.29 is 4.79 Å². The summed E-state index contributed by atoms with van der Waals surface area (Å²) in [6.45, 7) is 6.82. The largest absolute Gasteiger partial charge is 0.349 e. The minimum atomic E-state index is -0.259. The molecule has 6 heteroatoms. The van der Waals surface area contributed by atoms with Gasteiger partial charge in [0.15, 0.2) is 0 Å². The van der Waals surface area contributed by atoms with Gasteiger partial charge >= 0.3 is 5.69 Å². The van der Waals surface area contributed by atoms with E-state index in [1.807, 2.05) is 19.9 Å². The number of hydrogen-bond donors (Lipinski definition) is 3. The molecular weight excluding hydrogens is 280 g/mol. The van der Waals surface area contributed by atoms with Crippen molar-refractivity contribution in [1.29, 1.82) is 0 Å². The van der Waals surface area contributed by atoms with Crippen molar-refractivity contribution in [2.45, 2.75) is 27.3 Å². The SMILES string of the molecule is CCn1c(C)cc(C(=O)Nc2ccc3[nH]c(=O)[nH]c3c2)c1C. The van der Waals surface area contributed by atoms with Gasteiger partial charge in [-0.05, 0) is 45.0 Å². The maximum absolute atomic E-state index is 12.5. The van der Waals surface area contributed by atoms with Crippen molar-refractivity contribution in [3.8, 4) is 0 Å². The number of aromatic amines is 2. The van der Waals surface area contributed by atoms with Crippen molar-refractivity contribution in [3.05, 3.63) is 51.7 Å². The van der Waals surface area contributed by atoms with Gasteiger partial charge in [-0.2, -0.15) is 0 Å². The molecule has 0 aliphatic rings. The van der Waals surface area contributed by atoms with Gasteiger partial charge in [0.1, 0.15) is 0 Å². The Labute approximate surface area is 127 Å². The number of nitrogens with zero attached hydrogens (tertiary/aromatic N) is 1. The average Bonchev–Trinajstić information content (AvgIpc) is 2.97. The molecule has 0 spiro atoms. The van der Waals surface area contributed by atoms with Gasteiger partial charge in [0.2, 0.25) is 0 Å². The second-order valence-electron chi connectivity index (χ2n) is 5.32. The molecule has 0 atom stereocenters. The summed E-state index contributed by atoms with van der Waals surface area (Å²) < 4.78 is 2.10. The maximum Gasteiger partial charge on any atom is 0.323 e. The van der Waals surface area contributed by atoms with Crippen molar-refractivity contribution in [2.75, 3.05) is 5.32 Å². The summed E-state index contributed by atoms with van der Waals surface area (Å²) in [4.78, 5) is 29.1. The van der Waals surface area contributed by atoms with Crippen LogP contribution in [0.3, 0.4) is 0 Å². The van der Waals surface area contributed by atoms with E-state index in [0.717, 1.165) is 17.9 Å². The number of carbonyl (C=O) groups is 1. The number of anilines is 1. The summed E-state index contributed by atoms with van der Waals surface area (Å²) in [6.07, 6.45) is 0. The summed E-state index contributed by atoms with van der Waals surface area (Å²) >= 11 is 0. The van der Waals surface area contributed by atoms with Gasteiger partial charge in [-0.25, -0.2) is 4.79 Å². The first-order valence-electron chi connectivity index (χ1n) is 7.19. The van der Waals surface area contributed by atoms with Crippen LogP contribution in [0, 0.1) is 13.8 Å². The molecule has 0 fully saturated rings. The fourth-order valence-corrected chi connectivity index (χ4v) is 2.83. The van der Waals surface area contributed by atoms with Gasteiger partial charge in [0.25, 0.3) is 5.91 Å². The van der Waals surface area contributed by atoms with E-state index in [0.29, 0.717) is 22.3 Å². The summed E-state index contributed by atoms with van der Waals surface area (Å²) in [7, 11) is 0.